The van der Waals surface area contributed by atoms with Crippen molar-refractivity contribution in [2.75, 3.05) is 0 Å². The van der Waals surface area contributed by atoms with Gasteiger partial charge in [-0.15, -0.1) is 0 Å². The Labute approximate surface area is 501 Å². The maximum absolute atomic E-state index is 5.39. The molecule has 0 aliphatic rings. The summed E-state index contributed by atoms with van der Waals surface area (Å²) in [6.45, 7) is 0. The van der Waals surface area contributed by atoms with Crippen molar-refractivity contribution in [3.63, 3.8) is 0 Å². The van der Waals surface area contributed by atoms with E-state index in [1.54, 1.807) is 0 Å². The third-order valence-corrected chi connectivity index (χ3v) is 17.2. The van der Waals surface area contributed by atoms with Gasteiger partial charge in [-0.2, -0.15) is 0 Å². The van der Waals surface area contributed by atoms with Gasteiger partial charge in [0.15, 0.2) is 0 Å². The number of rotatable bonds is 10. The van der Waals surface area contributed by atoms with Crippen molar-refractivity contribution in [2.24, 2.45) is 0 Å². The first-order valence-electron chi connectivity index (χ1n) is 29.4. The molecule has 87 heavy (non-hydrogen) atoms. The average molecular weight is 1110 g/mol. The summed E-state index contributed by atoms with van der Waals surface area (Å²) in [5.41, 5.74) is 22.6. The molecule has 0 spiro atoms. The molecule has 17 rings (SSSR count). The second kappa shape index (κ2) is 20.5. The SMILES string of the molecule is c1ccc(-c2ccc(-c3cccc(-c4ccnc(-n5c6ccccc6c6cc(-n7c8ccccc8c8ccc(-c9cc(-c%10ccc(-c%11ccccc%11)cc%10)cc(-c%10ccnc(-n%11c%12ccccc%12c%12ccccc%12%11)n%10)c9)cc87)ccc65)n4)c3)cc2)cc1. The van der Waals surface area contributed by atoms with Crippen LogP contribution in [0.5, 0.6) is 0 Å². The second-order valence-electron chi connectivity index (χ2n) is 22.3. The maximum Gasteiger partial charge on any atom is 0.235 e. The quantitative estimate of drug-likeness (QED) is 0.137. The van der Waals surface area contributed by atoms with Crippen LogP contribution in [0.2, 0.25) is 0 Å². The van der Waals surface area contributed by atoms with Crippen molar-refractivity contribution in [3.05, 3.63) is 310 Å². The van der Waals surface area contributed by atoms with Gasteiger partial charge in [0, 0.05) is 61.5 Å². The first-order valence-corrected chi connectivity index (χ1v) is 29.4. The van der Waals surface area contributed by atoms with E-state index in [9.17, 15) is 0 Å². The number of benzene rings is 12. The fraction of sp³-hybridized carbons (Fsp3) is 0. The van der Waals surface area contributed by atoms with Gasteiger partial charge in [0.25, 0.3) is 0 Å². The first-order chi connectivity index (χ1) is 43.1. The molecule has 5 aromatic heterocycles. The molecular weight excluding hydrogens is 1060 g/mol. The van der Waals surface area contributed by atoms with E-state index in [2.05, 4.69) is 299 Å². The van der Waals surface area contributed by atoms with Crippen LogP contribution in [0.15, 0.2) is 310 Å². The summed E-state index contributed by atoms with van der Waals surface area (Å²) in [6, 6.07) is 106. The van der Waals surface area contributed by atoms with Gasteiger partial charge >= 0.3 is 0 Å². The van der Waals surface area contributed by atoms with Crippen molar-refractivity contribution in [2.45, 2.75) is 0 Å². The van der Waals surface area contributed by atoms with Crippen molar-refractivity contribution < 1.29 is 0 Å². The zero-order chi connectivity index (χ0) is 57.4. The van der Waals surface area contributed by atoms with Crippen LogP contribution in [0.4, 0.5) is 0 Å². The number of aromatic nitrogens is 7. The molecule has 0 fully saturated rings. The van der Waals surface area contributed by atoms with Crippen LogP contribution >= 0.6 is 0 Å². The molecule has 0 N–H and O–H groups in total. The third kappa shape index (κ3) is 8.59. The number of fused-ring (bicyclic) bond motifs is 9. The van der Waals surface area contributed by atoms with Gasteiger partial charge in [0.2, 0.25) is 11.9 Å². The normalized spacial score (nSPS) is 11.7. The van der Waals surface area contributed by atoms with Crippen LogP contribution in [0, 0.1) is 0 Å². The summed E-state index contributed by atoms with van der Waals surface area (Å²) in [4.78, 5) is 20.6. The van der Waals surface area contributed by atoms with Gasteiger partial charge in [-0.3, -0.25) is 9.13 Å². The molecule has 12 aromatic carbocycles. The second-order valence-corrected chi connectivity index (χ2v) is 22.3. The smallest absolute Gasteiger partial charge is 0.235 e. The maximum atomic E-state index is 5.39. The van der Waals surface area contributed by atoms with Crippen molar-refractivity contribution >= 4 is 65.4 Å². The minimum Gasteiger partial charge on any atom is -0.309 e. The van der Waals surface area contributed by atoms with E-state index in [4.69, 9.17) is 19.9 Å². The highest BCUT2D eigenvalue weighted by Gasteiger charge is 2.21. The molecule has 17 aromatic rings. The molecule has 0 saturated heterocycles. The molecule has 0 saturated carbocycles. The Balaban J connectivity index is 0.780. The van der Waals surface area contributed by atoms with E-state index in [0.717, 1.165) is 105 Å². The Hall–Kier alpha value is -11.8. The zero-order valence-electron chi connectivity index (χ0n) is 47.1. The Morgan fingerprint density at radius 1 is 0.195 bits per heavy atom. The average Bonchev–Trinajstić information content (AvgIpc) is 1.93. The van der Waals surface area contributed by atoms with Crippen LogP contribution in [-0.2, 0) is 0 Å². The lowest BCUT2D eigenvalue weighted by atomic mass is 9.93. The third-order valence-electron chi connectivity index (χ3n) is 17.2. The highest BCUT2D eigenvalue weighted by atomic mass is 15.2. The van der Waals surface area contributed by atoms with E-state index in [1.807, 2.05) is 24.5 Å². The highest BCUT2D eigenvalue weighted by molar-refractivity contribution is 6.13. The van der Waals surface area contributed by atoms with E-state index < -0.39 is 0 Å². The molecule has 7 heteroatoms. The summed E-state index contributed by atoms with van der Waals surface area (Å²) in [5.74, 6) is 1.24. The molecule has 0 atom stereocenters. The molecule has 0 aliphatic heterocycles. The largest absolute Gasteiger partial charge is 0.309 e. The predicted octanol–water partition coefficient (Wildman–Crippen LogP) is 20.2. The lowest BCUT2D eigenvalue weighted by Gasteiger charge is -2.14. The van der Waals surface area contributed by atoms with E-state index in [1.165, 1.54) is 43.8 Å². The Bertz CT molecular complexity index is 5450. The van der Waals surface area contributed by atoms with Gasteiger partial charge < -0.3 is 4.57 Å². The Kier molecular flexibility index (Phi) is 11.7. The van der Waals surface area contributed by atoms with Crippen molar-refractivity contribution in [3.8, 4) is 95.7 Å². The van der Waals surface area contributed by atoms with Gasteiger partial charge in [0.1, 0.15) is 0 Å². The molecular formula is C80H51N7. The van der Waals surface area contributed by atoms with E-state index >= 15 is 0 Å². The number of hydrogen-bond acceptors (Lipinski definition) is 4. The fourth-order valence-electron chi connectivity index (χ4n) is 13.1. The summed E-state index contributed by atoms with van der Waals surface area (Å²) >= 11 is 0. The molecule has 7 nitrogen and oxygen atoms in total. The molecule has 0 bridgehead atoms. The number of hydrogen-bond donors (Lipinski definition) is 0. The van der Waals surface area contributed by atoms with Crippen LogP contribution < -0.4 is 0 Å². The number of nitrogens with zero attached hydrogens (tertiary/aromatic N) is 7. The predicted molar refractivity (Wildman–Crippen MR) is 359 cm³/mol. The van der Waals surface area contributed by atoms with Crippen LogP contribution in [0.25, 0.3) is 161 Å². The lowest BCUT2D eigenvalue weighted by molar-refractivity contribution is 0.991. The molecule has 0 aliphatic carbocycles. The van der Waals surface area contributed by atoms with Gasteiger partial charge in [0.05, 0.1) is 44.5 Å². The summed E-state index contributed by atoms with van der Waals surface area (Å²) in [5, 5.41) is 6.93. The van der Waals surface area contributed by atoms with E-state index in [0.29, 0.717) is 11.9 Å². The molecule has 0 radical (unpaired) electrons. The molecule has 406 valence electrons. The lowest BCUT2D eigenvalue weighted by Crippen LogP contribution is -2.02. The molecule has 5 heterocycles. The minimum absolute atomic E-state index is 0.615. The molecule has 0 amide bonds. The van der Waals surface area contributed by atoms with Gasteiger partial charge in [-0.05, 0) is 141 Å². The number of para-hydroxylation sites is 4. The van der Waals surface area contributed by atoms with Gasteiger partial charge in [-0.25, -0.2) is 19.9 Å². The standard InChI is InChI=1S/C80H51N7/c1-3-16-52(17-4-1)54-30-34-56(35-31-54)58-20-15-21-60(46-58)71-42-44-81-79(83-71)87-76-29-14-10-25-68(76)70-51-64(39-41-77(70)87)85-73-26-11-7-24-67(73)69-40-38-59(50-78(69)85)62-47-61(57-36-32-55(33-37-57)53-18-5-2-6-19-53)48-63(49-62)72-43-45-82-80(84-72)86-74-27-12-8-22-65(74)66-23-9-13-28-75(66)86/h1-51H. The monoisotopic (exact) mass is 1110 g/mol. The minimum atomic E-state index is 0.615. The summed E-state index contributed by atoms with van der Waals surface area (Å²) in [7, 11) is 0. The molecule has 0 unspecified atom stereocenters. The summed E-state index contributed by atoms with van der Waals surface area (Å²) < 4.78 is 6.81. The zero-order valence-corrected chi connectivity index (χ0v) is 47.1. The van der Waals surface area contributed by atoms with Crippen LogP contribution in [0.3, 0.4) is 0 Å². The van der Waals surface area contributed by atoms with Gasteiger partial charge in [-0.1, -0.05) is 212 Å². The Morgan fingerprint density at radius 3 is 1.10 bits per heavy atom. The Morgan fingerprint density at radius 2 is 0.552 bits per heavy atom. The van der Waals surface area contributed by atoms with Crippen molar-refractivity contribution in [1.82, 2.24) is 33.6 Å². The fourth-order valence-corrected chi connectivity index (χ4v) is 13.1. The summed E-state index contributed by atoms with van der Waals surface area (Å²) in [6.07, 6.45) is 3.76. The van der Waals surface area contributed by atoms with Crippen LogP contribution in [0.1, 0.15) is 0 Å². The first kappa shape index (κ1) is 49.8. The van der Waals surface area contributed by atoms with E-state index in [-0.39, 0.29) is 0 Å². The topological polar surface area (TPSA) is 66.3 Å². The highest BCUT2D eigenvalue weighted by Crippen LogP contribution is 2.41. The van der Waals surface area contributed by atoms with Crippen molar-refractivity contribution in [1.29, 1.82) is 0 Å². The van der Waals surface area contributed by atoms with Crippen LogP contribution in [-0.4, -0.2) is 33.6 Å².